The lowest BCUT2D eigenvalue weighted by Crippen LogP contribution is -2.25. The fourth-order valence-corrected chi connectivity index (χ4v) is 3.09. The largest absolute Gasteiger partial charge is 0.482 e. The molecule has 1 aromatic carbocycles. The van der Waals surface area contributed by atoms with E-state index < -0.39 is 6.10 Å². The number of aliphatic hydroxyl groups is 1. The zero-order valence-corrected chi connectivity index (χ0v) is 11.3. The third-order valence-electron chi connectivity index (χ3n) is 2.85. The third kappa shape index (κ3) is 2.32. The molecule has 1 amide bonds. The van der Waals surface area contributed by atoms with Gasteiger partial charge in [0.15, 0.2) is 6.61 Å². The van der Waals surface area contributed by atoms with Crippen LogP contribution >= 0.6 is 22.9 Å². The van der Waals surface area contributed by atoms with Crippen molar-refractivity contribution in [3.05, 3.63) is 45.1 Å². The number of ether oxygens (including phenoxy) is 1. The first-order valence-corrected chi connectivity index (χ1v) is 6.88. The molecule has 0 saturated carbocycles. The van der Waals surface area contributed by atoms with Gasteiger partial charge in [-0.25, -0.2) is 0 Å². The Hall–Kier alpha value is -1.56. The molecule has 0 radical (unpaired) electrons. The van der Waals surface area contributed by atoms with Gasteiger partial charge in [0, 0.05) is 0 Å². The lowest BCUT2D eigenvalue weighted by Gasteiger charge is -2.19. The molecule has 2 heterocycles. The van der Waals surface area contributed by atoms with E-state index in [4.69, 9.17) is 16.3 Å². The number of hydrogen-bond acceptors (Lipinski definition) is 4. The fraction of sp³-hybridized carbons (Fsp3) is 0.154. The van der Waals surface area contributed by atoms with E-state index in [9.17, 15) is 9.90 Å². The standard InChI is InChI=1S/C13H10ClNO3S/c14-8-3-4-19-13(8)12(17)7-1-2-10-9(5-7)15-11(16)6-18-10/h1-5,12,17H,6H2,(H,15,16). The number of amides is 1. The molecule has 0 aliphatic carbocycles. The number of nitrogens with one attached hydrogen (secondary N) is 1. The Morgan fingerprint density at radius 3 is 3.00 bits per heavy atom. The molecule has 19 heavy (non-hydrogen) atoms. The molecule has 0 spiro atoms. The molecule has 1 unspecified atom stereocenters. The highest BCUT2D eigenvalue weighted by atomic mass is 35.5. The van der Waals surface area contributed by atoms with Gasteiger partial charge in [0.05, 0.1) is 15.6 Å². The van der Waals surface area contributed by atoms with Gasteiger partial charge in [-0.2, -0.15) is 0 Å². The van der Waals surface area contributed by atoms with Crippen LogP contribution in [0.5, 0.6) is 5.75 Å². The van der Waals surface area contributed by atoms with E-state index in [2.05, 4.69) is 5.32 Å². The van der Waals surface area contributed by atoms with Crippen LogP contribution in [0.4, 0.5) is 5.69 Å². The van der Waals surface area contributed by atoms with Crippen molar-refractivity contribution < 1.29 is 14.6 Å². The van der Waals surface area contributed by atoms with E-state index in [-0.39, 0.29) is 12.5 Å². The van der Waals surface area contributed by atoms with Crippen molar-refractivity contribution in [1.29, 1.82) is 0 Å². The molecule has 0 saturated heterocycles. The van der Waals surface area contributed by atoms with Crippen LogP contribution in [-0.2, 0) is 4.79 Å². The van der Waals surface area contributed by atoms with Crippen LogP contribution in [0.15, 0.2) is 29.6 Å². The number of fused-ring (bicyclic) bond motifs is 1. The van der Waals surface area contributed by atoms with Crippen LogP contribution in [0.1, 0.15) is 16.5 Å². The maximum absolute atomic E-state index is 11.3. The average Bonchev–Trinajstić information content (AvgIpc) is 2.83. The minimum atomic E-state index is -0.809. The van der Waals surface area contributed by atoms with E-state index in [1.165, 1.54) is 11.3 Å². The van der Waals surface area contributed by atoms with E-state index in [0.717, 1.165) is 0 Å². The molecule has 0 bridgehead atoms. The zero-order chi connectivity index (χ0) is 13.4. The van der Waals surface area contributed by atoms with Crippen LogP contribution in [-0.4, -0.2) is 17.6 Å². The molecular weight excluding hydrogens is 286 g/mol. The van der Waals surface area contributed by atoms with Crippen molar-refractivity contribution in [3.63, 3.8) is 0 Å². The molecule has 1 atom stereocenters. The van der Waals surface area contributed by atoms with Crippen molar-refractivity contribution in [3.8, 4) is 5.75 Å². The first-order valence-electron chi connectivity index (χ1n) is 5.62. The van der Waals surface area contributed by atoms with Crippen LogP contribution in [0.25, 0.3) is 0 Å². The van der Waals surface area contributed by atoms with Gasteiger partial charge in [0.25, 0.3) is 5.91 Å². The molecule has 3 rings (SSSR count). The Morgan fingerprint density at radius 2 is 2.26 bits per heavy atom. The molecule has 1 aromatic heterocycles. The van der Waals surface area contributed by atoms with Gasteiger partial charge in [-0.1, -0.05) is 17.7 Å². The number of rotatable bonds is 2. The van der Waals surface area contributed by atoms with Crippen LogP contribution in [0.3, 0.4) is 0 Å². The number of halogens is 1. The third-order valence-corrected chi connectivity index (χ3v) is 4.26. The molecule has 1 aliphatic heterocycles. The van der Waals surface area contributed by atoms with E-state index >= 15 is 0 Å². The smallest absolute Gasteiger partial charge is 0.262 e. The first kappa shape index (κ1) is 12.5. The predicted octanol–water partition coefficient (Wildman–Crippen LogP) is 2.81. The molecule has 98 valence electrons. The summed E-state index contributed by atoms with van der Waals surface area (Å²) in [7, 11) is 0. The van der Waals surface area contributed by atoms with Gasteiger partial charge in [0.1, 0.15) is 11.9 Å². The number of thiophene rings is 1. The number of carbonyl (C=O) groups is 1. The van der Waals surface area contributed by atoms with E-state index in [0.29, 0.717) is 26.9 Å². The van der Waals surface area contributed by atoms with Crippen molar-refractivity contribution >= 4 is 34.5 Å². The normalized spacial score (nSPS) is 15.4. The maximum Gasteiger partial charge on any atom is 0.262 e. The molecule has 2 aromatic rings. The average molecular weight is 296 g/mol. The fourth-order valence-electron chi connectivity index (χ4n) is 1.92. The summed E-state index contributed by atoms with van der Waals surface area (Å²) in [6.45, 7) is 0.0195. The molecule has 2 N–H and O–H groups in total. The van der Waals surface area contributed by atoms with Gasteiger partial charge in [-0.15, -0.1) is 11.3 Å². The number of anilines is 1. The summed E-state index contributed by atoms with van der Waals surface area (Å²) >= 11 is 7.40. The summed E-state index contributed by atoms with van der Waals surface area (Å²) in [5.41, 5.74) is 1.23. The number of carbonyl (C=O) groups excluding carboxylic acids is 1. The highest BCUT2D eigenvalue weighted by Crippen LogP contribution is 2.36. The van der Waals surface area contributed by atoms with Crippen LogP contribution in [0.2, 0.25) is 5.02 Å². The van der Waals surface area contributed by atoms with Gasteiger partial charge >= 0.3 is 0 Å². The summed E-state index contributed by atoms with van der Waals surface area (Å²) in [4.78, 5) is 12.0. The first-order chi connectivity index (χ1) is 9.15. The van der Waals surface area contributed by atoms with Crippen molar-refractivity contribution in [2.45, 2.75) is 6.10 Å². The van der Waals surface area contributed by atoms with Gasteiger partial charge in [-0.3, -0.25) is 4.79 Å². The maximum atomic E-state index is 11.3. The second-order valence-corrected chi connectivity index (χ2v) is 5.48. The summed E-state index contributed by atoms with van der Waals surface area (Å²) < 4.78 is 5.27. The quantitative estimate of drug-likeness (QED) is 0.896. The van der Waals surface area contributed by atoms with Gasteiger partial charge < -0.3 is 15.2 Å². The number of hydrogen-bond donors (Lipinski definition) is 2. The SMILES string of the molecule is O=C1COc2ccc(C(O)c3sccc3Cl)cc2N1. The van der Waals surface area contributed by atoms with E-state index in [1.807, 2.05) is 5.38 Å². The Labute approximate surface area is 118 Å². The summed E-state index contributed by atoms with van der Waals surface area (Å²) in [6, 6.07) is 6.94. The zero-order valence-electron chi connectivity index (χ0n) is 9.72. The molecule has 4 nitrogen and oxygen atoms in total. The number of aliphatic hydroxyl groups excluding tert-OH is 1. The minimum Gasteiger partial charge on any atom is -0.482 e. The summed E-state index contributed by atoms with van der Waals surface area (Å²) in [5, 5.41) is 15.4. The lowest BCUT2D eigenvalue weighted by atomic mass is 10.1. The second-order valence-electron chi connectivity index (χ2n) is 4.13. The minimum absolute atomic E-state index is 0.0195. The van der Waals surface area contributed by atoms with Gasteiger partial charge in [0.2, 0.25) is 0 Å². The van der Waals surface area contributed by atoms with E-state index in [1.54, 1.807) is 24.3 Å². The second kappa shape index (κ2) is 4.85. The summed E-state index contributed by atoms with van der Waals surface area (Å²) in [6.07, 6.45) is -0.809. The number of benzene rings is 1. The van der Waals surface area contributed by atoms with Crippen LogP contribution in [0, 0.1) is 0 Å². The Bertz CT molecular complexity index is 641. The molecule has 1 aliphatic rings. The van der Waals surface area contributed by atoms with Crippen molar-refractivity contribution in [1.82, 2.24) is 0 Å². The topological polar surface area (TPSA) is 58.6 Å². The Kier molecular flexibility index (Phi) is 3.18. The van der Waals surface area contributed by atoms with Crippen molar-refractivity contribution in [2.24, 2.45) is 0 Å². The van der Waals surface area contributed by atoms with Crippen molar-refractivity contribution in [2.75, 3.05) is 11.9 Å². The molecule has 6 heteroatoms. The van der Waals surface area contributed by atoms with Crippen LogP contribution < -0.4 is 10.1 Å². The predicted molar refractivity (Wildman–Crippen MR) is 74.0 cm³/mol. The summed E-state index contributed by atoms with van der Waals surface area (Å²) in [5.74, 6) is 0.404. The highest BCUT2D eigenvalue weighted by molar-refractivity contribution is 7.10. The van der Waals surface area contributed by atoms with Gasteiger partial charge in [-0.05, 0) is 29.1 Å². The lowest BCUT2D eigenvalue weighted by molar-refractivity contribution is -0.118. The molecular formula is C13H10ClNO3S. The molecule has 0 fully saturated rings. The Morgan fingerprint density at radius 1 is 1.42 bits per heavy atom. The highest BCUT2D eigenvalue weighted by Gasteiger charge is 2.20. The Balaban J connectivity index is 1.96. The monoisotopic (exact) mass is 295 g/mol.